The van der Waals surface area contributed by atoms with Crippen LogP contribution in [0, 0.1) is 0 Å². The summed E-state index contributed by atoms with van der Waals surface area (Å²) in [7, 11) is 0. The van der Waals surface area contributed by atoms with Crippen molar-refractivity contribution in [3.8, 4) is 0 Å². The molecule has 3 atom stereocenters. The highest BCUT2D eigenvalue weighted by atomic mass is 32.1. The number of nitrogens with one attached hydrogen (secondary N) is 1. The number of hydrogen-bond acceptors (Lipinski definition) is 4. The third-order valence-corrected chi connectivity index (χ3v) is 3.54. The minimum atomic E-state index is -0.364. The number of ether oxygens (including phenoxy) is 1. The number of hydrogen-bond donors (Lipinski definition) is 2. The van der Waals surface area contributed by atoms with Crippen LogP contribution in [0.3, 0.4) is 0 Å². The zero-order chi connectivity index (χ0) is 9.97. The van der Waals surface area contributed by atoms with Crippen LogP contribution in [0.4, 0.5) is 0 Å². The van der Waals surface area contributed by atoms with Crippen LogP contribution in [-0.2, 0) is 4.74 Å². The SMILES string of the molecule is C[C@H](NC1COCC1O)c1cccs1. The van der Waals surface area contributed by atoms with Crippen LogP contribution in [0.2, 0.25) is 0 Å². The van der Waals surface area contributed by atoms with Crippen LogP contribution in [0.25, 0.3) is 0 Å². The van der Waals surface area contributed by atoms with Gasteiger partial charge in [0.25, 0.3) is 0 Å². The summed E-state index contributed by atoms with van der Waals surface area (Å²) >= 11 is 1.73. The van der Waals surface area contributed by atoms with Gasteiger partial charge in [-0.1, -0.05) is 6.07 Å². The Morgan fingerprint density at radius 1 is 1.64 bits per heavy atom. The van der Waals surface area contributed by atoms with Crippen LogP contribution in [0.5, 0.6) is 0 Å². The number of aliphatic hydroxyl groups excluding tert-OH is 1. The van der Waals surface area contributed by atoms with E-state index in [4.69, 9.17) is 4.74 Å². The lowest BCUT2D eigenvalue weighted by molar-refractivity contribution is 0.121. The average molecular weight is 213 g/mol. The van der Waals surface area contributed by atoms with Crippen molar-refractivity contribution < 1.29 is 9.84 Å². The maximum atomic E-state index is 9.55. The first-order chi connectivity index (χ1) is 6.77. The van der Waals surface area contributed by atoms with E-state index in [1.165, 1.54) is 4.88 Å². The van der Waals surface area contributed by atoms with Crippen LogP contribution in [0.1, 0.15) is 17.8 Å². The Morgan fingerprint density at radius 3 is 3.07 bits per heavy atom. The van der Waals surface area contributed by atoms with Gasteiger partial charge in [0, 0.05) is 10.9 Å². The van der Waals surface area contributed by atoms with Gasteiger partial charge in [0.05, 0.1) is 25.4 Å². The molecule has 2 rings (SSSR count). The van der Waals surface area contributed by atoms with Crippen molar-refractivity contribution in [2.45, 2.75) is 25.1 Å². The maximum absolute atomic E-state index is 9.55. The van der Waals surface area contributed by atoms with E-state index in [1.54, 1.807) is 11.3 Å². The van der Waals surface area contributed by atoms with Crippen LogP contribution in [-0.4, -0.2) is 30.5 Å². The number of rotatable bonds is 3. The van der Waals surface area contributed by atoms with Crippen molar-refractivity contribution in [2.75, 3.05) is 13.2 Å². The van der Waals surface area contributed by atoms with E-state index in [-0.39, 0.29) is 18.2 Å². The molecule has 1 saturated heterocycles. The Balaban J connectivity index is 1.91. The third kappa shape index (κ3) is 2.15. The molecule has 1 aliphatic rings. The lowest BCUT2D eigenvalue weighted by atomic mass is 10.1. The Labute approximate surface area is 87.7 Å². The fraction of sp³-hybridized carbons (Fsp3) is 0.600. The molecule has 0 spiro atoms. The van der Waals surface area contributed by atoms with E-state index in [0.29, 0.717) is 13.2 Å². The molecule has 1 fully saturated rings. The van der Waals surface area contributed by atoms with Gasteiger partial charge in [0.1, 0.15) is 0 Å². The van der Waals surface area contributed by atoms with Crippen molar-refractivity contribution in [3.63, 3.8) is 0 Å². The van der Waals surface area contributed by atoms with Crippen molar-refractivity contribution in [1.29, 1.82) is 0 Å². The number of thiophene rings is 1. The van der Waals surface area contributed by atoms with Crippen LogP contribution < -0.4 is 5.32 Å². The molecule has 14 heavy (non-hydrogen) atoms. The lowest BCUT2D eigenvalue weighted by Gasteiger charge is -2.19. The fourth-order valence-corrected chi connectivity index (χ4v) is 2.39. The molecule has 78 valence electrons. The quantitative estimate of drug-likeness (QED) is 0.791. The predicted octanol–water partition coefficient (Wildman–Crippen LogP) is 1.16. The Hall–Kier alpha value is -0.420. The Bertz CT molecular complexity index is 276. The van der Waals surface area contributed by atoms with Gasteiger partial charge in [0.15, 0.2) is 0 Å². The van der Waals surface area contributed by atoms with Crippen molar-refractivity contribution in [2.24, 2.45) is 0 Å². The standard InChI is InChI=1S/C10H15NO2S/c1-7(10-3-2-4-14-10)11-8-5-13-6-9(8)12/h2-4,7-9,11-12H,5-6H2,1H3/t7-,8?,9?/m0/s1. The summed E-state index contributed by atoms with van der Waals surface area (Å²) in [5, 5.41) is 15.0. The van der Waals surface area contributed by atoms with E-state index in [2.05, 4.69) is 23.7 Å². The zero-order valence-electron chi connectivity index (χ0n) is 8.14. The summed E-state index contributed by atoms with van der Waals surface area (Å²) < 4.78 is 5.18. The molecule has 0 aromatic carbocycles. The minimum Gasteiger partial charge on any atom is -0.389 e. The van der Waals surface area contributed by atoms with E-state index in [1.807, 2.05) is 6.07 Å². The Morgan fingerprint density at radius 2 is 2.50 bits per heavy atom. The molecule has 0 amide bonds. The van der Waals surface area contributed by atoms with Crippen molar-refractivity contribution in [3.05, 3.63) is 22.4 Å². The van der Waals surface area contributed by atoms with Gasteiger partial charge in [-0.15, -0.1) is 11.3 Å². The molecule has 2 N–H and O–H groups in total. The van der Waals surface area contributed by atoms with Gasteiger partial charge in [-0.05, 0) is 18.4 Å². The van der Waals surface area contributed by atoms with Gasteiger partial charge >= 0.3 is 0 Å². The highest BCUT2D eigenvalue weighted by molar-refractivity contribution is 7.10. The second kappa shape index (κ2) is 4.40. The average Bonchev–Trinajstić information content (AvgIpc) is 2.77. The molecule has 1 aromatic rings. The fourth-order valence-electron chi connectivity index (χ4n) is 1.64. The van der Waals surface area contributed by atoms with E-state index < -0.39 is 0 Å². The van der Waals surface area contributed by atoms with Crippen LogP contribution in [0.15, 0.2) is 17.5 Å². The van der Waals surface area contributed by atoms with Crippen molar-refractivity contribution >= 4 is 11.3 Å². The van der Waals surface area contributed by atoms with Gasteiger partial charge < -0.3 is 15.2 Å². The smallest absolute Gasteiger partial charge is 0.0948 e. The molecule has 0 radical (unpaired) electrons. The molecule has 0 bridgehead atoms. The molecule has 3 nitrogen and oxygen atoms in total. The summed E-state index contributed by atoms with van der Waals surface area (Å²) in [4.78, 5) is 1.30. The van der Waals surface area contributed by atoms with Gasteiger partial charge in [0.2, 0.25) is 0 Å². The molecular weight excluding hydrogens is 198 g/mol. The van der Waals surface area contributed by atoms with Crippen molar-refractivity contribution in [1.82, 2.24) is 5.32 Å². The van der Waals surface area contributed by atoms with E-state index in [0.717, 1.165) is 0 Å². The van der Waals surface area contributed by atoms with Gasteiger partial charge in [-0.3, -0.25) is 0 Å². The van der Waals surface area contributed by atoms with E-state index in [9.17, 15) is 5.11 Å². The summed E-state index contributed by atoms with van der Waals surface area (Å²) in [6.45, 7) is 3.17. The molecule has 1 aliphatic heterocycles. The topological polar surface area (TPSA) is 41.5 Å². The summed E-state index contributed by atoms with van der Waals surface area (Å²) in [5.41, 5.74) is 0. The zero-order valence-corrected chi connectivity index (χ0v) is 8.96. The minimum absolute atomic E-state index is 0.0760. The highest BCUT2D eigenvalue weighted by Crippen LogP contribution is 2.20. The lowest BCUT2D eigenvalue weighted by Crippen LogP contribution is -2.39. The normalized spacial score (nSPS) is 29.3. The first-order valence-electron chi connectivity index (χ1n) is 4.82. The molecule has 0 aliphatic carbocycles. The van der Waals surface area contributed by atoms with Gasteiger partial charge in [-0.25, -0.2) is 0 Å². The largest absolute Gasteiger partial charge is 0.389 e. The maximum Gasteiger partial charge on any atom is 0.0948 e. The molecular formula is C10H15NO2S. The Kier molecular flexibility index (Phi) is 3.18. The summed E-state index contributed by atoms with van der Waals surface area (Å²) in [6, 6.07) is 4.51. The monoisotopic (exact) mass is 213 g/mol. The van der Waals surface area contributed by atoms with Gasteiger partial charge in [-0.2, -0.15) is 0 Å². The third-order valence-electron chi connectivity index (χ3n) is 2.48. The van der Waals surface area contributed by atoms with Crippen LogP contribution >= 0.6 is 11.3 Å². The molecule has 1 aromatic heterocycles. The predicted molar refractivity (Wildman–Crippen MR) is 56.5 cm³/mol. The second-order valence-electron chi connectivity index (χ2n) is 3.62. The summed E-state index contributed by atoms with van der Waals surface area (Å²) in [5.74, 6) is 0. The molecule has 2 unspecified atom stereocenters. The molecule has 4 heteroatoms. The molecule has 0 saturated carbocycles. The number of aliphatic hydroxyl groups is 1. The van der Waals surface area contributed by atoms with E-state index >= 15 is 0 Å². The highest BCUT2D eigenvalue weighted by Gasteiger charge is 2.27. The summed E-state index contributed by atoms with van der Waals surface area (Å²) in [6.07, 6.45) is -0.364. The second-order valence-corrected chi connectivity index (χ2v) is 4.59. The molecule has 2 heterocycles. The first-order valence-corrected chi connectivity index (χ1v) is 5.70. The first kappa shape index (κ1) is 10.1.